The summed E-state index contributed by atoms with van der Waals surface area (Å²) >= 11 is 7.30. The number of benzene rings is 1. The highest BCUT2D eigenvalue weighted by atomic mass is 35.5. The Hall–Kier alpha value is -3.44. The van der Waals surface area contributed by atoms with Crippen LogP contribution < -0.4 is 16.3 Å². The van der Waals surface area contributed by atoms with E-state index in [0.29, 0.717) is 15.6 Å². The van der Waals surface area contributed by atoms with Crippen molar-refractivity contribution in [2.45, 2.75) is 19.5 Å². The van der Waals surface area contributed by atoms with Crippen LogP contribution in [0.5, 0.6) is 0 Å². The van der Waals surface area contributed by atoms with Crippen LogP contribution in [0.15, 0.2) is 57.8 Å². The molecule has 31 heavy (non-hydrogen) atoms. The highest BCUT2D eigenvalue weighted by molar-refractivity contribution is 7.12. The molecule has 12 heteroatoms. The number of nitrogens with one attached hydrogen (secondary N) is 2. The molecule has 1 aliphatic rings. The van der Waals surface area contributed by atoms with Gasteiger partial charge in [0.15, 0.2) is 0 Å². The van der Waals surface area contributed by atoms with Crippen molar-refractivity contribution >= 4 is 34.9 Å². The lowest BCUT2D eigenvalue weighted by Crippen LogP contribution is -2.47. The smallest absolute Gasteiger partial charge is 0.369 e. The molecule has 2 aromatic heterocycles. The van der Waals surface area contributed by atoms with Gasteiger partial charge in [-0.1, -0.05) is 23.7 Å². The quantitative estimate of drug-likeness (QED) is 0.543. The van der Waals surface area contributed by atoms with Gasteiger partial charge in [-0.05, 0) is 52.6 Å². The van der Waals surface area contributed by atoms with E-state index in [1.807, 2.05) is 5.38 Å². The number of allylic oxidation sites excluding steroid dienone is 1. The van der Waals surface area contributed by atoms with Gasteiger partial charge in [-0.2, -0.15) is 9.36 Å². The molecule has 2 N–H and O–H groups in total. The number of thiophene rings is 1. The zero-order chi connectivity index (χ0) is 22.0. The number of carbonyl (C=O) groups is 2. The summed E-state index contributed by atoms with van der Waals surface area (Å²) in [6.07, 6.45) is 0. The lowest BCUT2D eigenvalue weighted by Gasteiger charge is -2.29. The Bertz CT molecular complexity index is 1200. The number of amides is 2. The minimum Gasteiger partial charge on any atom is -0.463 e. The Balaban J connectivity index is 1.77. The van der Waals surface area contributed by atoms with Gasteiger partial charge in [-0.3, -0.25) is 0 Å². The van der Waals surface area contributed by atoms with Crippen LogP contribution in [0.4, 0.5) is 4.79 Å². The first-order valence-electron chi connectivity index (χ1n) is 9.27. The summed E-state index contributed by atoms with van der Waals surface area (Å²) in [6, 6.07) is 8.93. The molecule has 0 aliphatic carbocycles. The number of hydrogen-bond acceptors (Lipinski definition) is 7. The third kappa shape index (κ3) is 4.23. The van der Waals surface area contributed by atoms with E-state index in [2.05, 4.69) is 21.1 Å². The summed E-state index contributed by atoms with van der Waals surface area (Å²) in [5, 5.41) is 16.0. The van der Waals surface area contributed by atoms with E-state index in [4.69, 9.17) is 16.3 Å². The number of carbonyl (C=O) groups excluding carboxylic acids is 2. The van der Waals surface area contributed by atoms with Crippen molar-refractivity contribution in [2.24, 2.45) is 0 Å². The molecule has 1 aliphatic heterocycles. The monoisotopic (exact) mass is 460 g/mol. The zero-order valence-electron chi connectivity index (χ0n) is 16.2. The first kappa shape index (κ1) is 20.8. The van der Waals surface area contributed by atoms with Crippen LogP contribution in [0, 0.1) is 0 Å². The summed E-state index contributed by atoms with van der Waals surface area (Å²) < 4.78 is 7.43. The average molecular weight is 461 g/mol. The minimum absolute atomic E-state index is 0.144. The molecule has 160 valence electrons. The molecule has 0 fully saturated rings. The van der Waals surface area contributed by atoms with E-state index < -0.39 is 23.7 Å². The molecule has 1 unspecified atom stereocenters. The predicted octanol–water partition coefficient (Wildman–Crippen LogP) is 2.02. The number of hydrogen-bond donors (Lipinski definition) is 2. The number of tetrazole rings is 1. The molecule has 0 bridgehead atoms. The fourth-order valence-electron chi connectivity index (χ4n) is 3.15. The lowest BCUT2D eigenvalue weighted by atomic mass is 9.95. The molecular formula is C19H17ClN6O4S. The number of nitrogens with zero attached hydrogens (tertiary/aromatic N) is 4. The van der Waals surface area contributed by atoms with Gasteiger partial charge in [0.05, 0.1) is 30.5 Å². The number of rotatable bonds is 6. The lowest BCUT2D eigenvalue weighted by molar-refractivity contribution is -0.139. The maximum atomic E-state index is 12.8. The van der Waals surface area contributed by atoms with Crippen LogP contribution in [0.1, 0.15) is 18.5 Å². The van der Waals surface area contributed by atoms with Gasteiger partial charge < -0.3 is 15.4 Å². The molecule has 0 saturated heterocycles. The van der Waals surface area contributed by atoms with Gasteiger partial charge in [-0.15, -0.1) is 11.3 Å². The van der Waals surface area contributed by atoms with Crippen LogP contribution in [0.2, 0.25) is 5.02 Å². The molecule has 2 amide bonds. The van der Waals surface area contributed by atoms with Crippen LogP contribution in [-0.2, 0) is 16.1 Å². The summed E-state index contributed by atoms with van der Waals surface area (Å²) in [7, 11) is 0. The maximum Gasteiger partial charge on any atom is 0.369 e. The average Bonchev–Trinajstić information content (AvgIpc) is 3.39. The molecule has 10 nitrogen and oxygen atoms in total. The molecule has 0 radical (unpaired) electrons. The van der Waals surface area contributed by atoms with E-state index in [1.165, 1.54) is 11.3 Å². The second kappa shape index (κ2) is 8.74. The first-order chi connectivity index (χ1) is 15.0. The molecule has 0 saturated carbocycles. The standard InChI is InChI=1S/C19H17ClN6O4S/c1-2-30-17(27)15-13(10-25-19(29)26(24-23-25)14-4-3-9-31-14)21-18(28)22-16(15)11-5-7-12(20)8-6-11/h3-9,16H,2,10H2,1H3,(H2,21,22,28). The number of ether oxygens (including phenoxy) is 1. The van der Waals surface area contributed by atoms with E-state index in [0.717, 1.165) is 9.36 Å². The van der Waals surface area contributed by atoms with Crippen LogP contribution in [0.3, 0.4) is 0 Å². The van der Waals surface area contributed by atoms with Crippen molar-refractivity contribution in [3.05, 3.63) is 74.1 Å². The van der Waals surface area contributed by atoms with E-state index >= 15 is 0 Å². The van der Waals surface area contributed by atoms with E-state index in [9.17, 15) is 14.4 Å². The molecule has 4 rings (SSSR count). The van der Waals surface area contributed by atoms with E-state index in [-0.39, 0.29) is 24.4 Å². The fraction of sp³-hybridized carbons (Fsp3) is 0.211. The maximum absolute atomic E-state index is 12.8. The summed E-state index contributed by atoms with van der Waals surface area (Å²) in [4.78, 5) is 37.9. The Labute approximate surface area is 185 Å². The summed E-state index contributed by atoms with van der Waals surface area (Å²) in [5.74, 6) is -0.622. The molecule has 3 aromatic rings. The Kier molecular flexibility index (Phi) is 5.87. The summed E-state index contributed by atoms with van der Waals surface area (Å²) in [6.45, 7) is 1.66. The van der Waals surface area contributed by atoms with Crippen LogP contribution >= 0.6 is 22.9 Å². The predicted molar refractivity (Wildman–Crippen MR) is 113 cm³/mol. The van der Waals surface area contributed by atoms with Crippen molar-refractivity contribution in [3.8, 4) is 5.00 Å². The van der Waals surface area contributed by atoms with Crippen molar-refractivity contribution in [1.82, 2.24) is 30.4 Å². The van der Waals surface area contributed by atoms with Gasteiger partial charge in [0, 0.05) is 5.02 Å². The highest BCUT2D eigenvalue weighted by Gasteiger charge is 2.34. The highest BCUT2D eigenvalue weighted by Crippen LogP contribution is 2.29. The van der Waals surface area contributed by atoms with Crippen molar-refractivity contribution < 1.29 is 14.3 Å². The van der Waals surface area contributed by atoms with Crippen molar-refractivity contribution in [2.75, 3.05) is 6.61 Å². The van der Waals surface area contributed by atoms with Crippen molar-refractivity contribution in [3.63, 3.8) is 0 Å². The number of halogens is 1. The third-order valence-electron chi connectivity index (χ3n) is 4.51. The van der Waals surface area contributed by atoms with Crippen LogP contribution in [0.25, 0.3) is 5.00 Å². The second-order valence-electron chi connectivity index (χ2n) is 6.48. The Morgan fingerprint density at radius 2 is 2.00 bits per heavy atom. The molecule has 1 aromatic carbocycles. The zero-order valence-corrected chi connectivity index (χ0v) is 17.8. The summed E-state index contributed by atoms with van der Waals surface area (Å²) in [5.41, 5.74) is 0.493. The van der Waals surface area contributed by atoms with Gasteiger partial charge >= 0.3 is 17.7 Å². The Morgan fingerprint density at radius 1 is 1.23 bits per heavy atom. The number of aromatic nitrogens is 4. The largest absolute Gasteiger partial charge is 0.463 e. The molecular weight excluding hydrogens is 444 g/mol. The number of urea groups is 1. The number of esters is 1. The van der Waals surface area contributed by atoms with Gasteiger partial charge in [0.25, 0.3) is 0 Å². The van der Waals surface area contributed by atoms with Gasteiger partial charge in [-0.25, -0.2) is 14.4 Å². The van der Waals surface area contributed by atoms with Gasteiger partial charge in [0.2, 0.25) is 0 Å². The minimum atomic E-state index is -0.789. The molecule has 1 atom stereocenters. The van der Waals surface area contributed by atoms with Gasteiger partial charge in [0.1, 0.15) is 5.00 Å². The molecule has 3 heterocycles. The second-order valence-corrected chi connectivity index (χ2v) is 7.84. The fourth-order valence-corrected chi connectivity index (χ4v) is 3.94. The first-order valence-corrected chi connectivity index (χ1v) is 10.5. The van der Waals surface area contributed by atoms with E-state index in [1.54, 1.807) is 43.3 Å². The SMILES string of the molecule is CCOC(=O)C1=C(Cn2nnn(-c3cccs3)c2=O)NC(=O)NC1c1ccc(Cl)cc1. The van der Waals surface area contributed by atoms with Crippen LogP contribution in [-0.4, -0.2) is 38.4 Å². The topological polar surface area (TPSA) is 120 Å². The third-order valence-corrected chi connectivity index (χ3v) is 5.61. The normalized spacial score (nSPS) is 16.1. The molecule has 0 spiro atoms. The Morgan fingerprint density at radius 3 is 2.68 bits per heavy atom. The van der Waals surface area contributed by atoms with Crippen molar-refractivity contribution in [1.29, 1.82) is 0 Å².